The zero-order chi connectivity index (χ0) is 9.97. The van der Waals surface area contributed by atoms with Gasteiger partial charge in [-0.05, 0) is 25.0 Å². The van der Waals surface area contributed by atoms with Crippen LogP contribution in [-0.4, -0.2) is 5.97 Å². The molecule has 1 aromatic rings. The average Bonchev–Trinajstić information content (AvgIpc) is 2.05. The van der Waals surface area contributed by atoms with Crippen molar-refractivity contribution in [3.05, 3.63) is 30.1 Å². The molecule has 1 aromatic carbocycles. The van der Waals surface area contributed by atoms with E-state index in [1.54, 1.807) is 12.1 Å². The van der Waals surface area contributed by atoms with E-state index in [0.29, 0.717) is 0 Å². The maximum absolute atomic E-state index is 13.1. The number of hydrogen-bond acceptors (Lipinski definition) is 2. The van der Waals surface area contributed by atoms with E-state index >= 15 is 0 Å². The average molecular weight is 194 g/mol. The normalized spacial score (nSPS) is 16.1. The minimum Gasteiger partial charge on any atom is -0.423 e. The van der Waals surface area contributed by atoms with Crippen LogP contribution in [0, 0.1) is 11.7 Å². The van der Waals surface area contributed by atoms with Crippen molar-refractivity contribution >= 4 is 5.97 Å². The van der Waals surface area contributed by atoms with Crippen LogP contribution in [0.5, 0.6) is 5.75 Å². The predicted molar refractivity (Wildman–Crippen MR) is 49.4 cm³/mol. The summed E-state index contributed by atoms with van der Waals surface area (Å²) >= 11 is 0. The lowest BCUT2D eigenvalue weighted by atomic mass is 9.86. The number of rotatable bonds is 2. The first-order chi connectivity index (χ1) is 6.77. The summed E-state index contributed by atoms with van der Waals surface area (Å²) in [4.78, 5) is 11.4. The van der Waals surface area contributed by atoms with Gasteiger partial charge in [-0.2, -0.15) is 0 Å². The minimum atomic E-state index is -0.486. The van der Waals surface area contributed by atoms with Gasteiger partial charge in [-0.1, -0.05) is 18.6 Å². The molecule has 2 nitrogen and oxygen atoms in total. The Morgan fingerprint density at radius 1 is 1.36 bits per heavy atom. The van der Waals surface area contributed by atoms with E-state index < -0.39 is 5.82 Å². The highest BCUT2D eigenvalue weighted by atomic mass is 19.1. The quantitative estimate of drug-likeness (QED) is 0.534. The number of carbonyl (C=O) groups excluding carboxylic acids is 1. The predicted octanol–water partition coefficient (Wildman–Crippen LogP) is 2.53. The van der Waals surface area contributed by atoms with Crippen molar-refractivity contribution in [2.75, 3.05) is 0 Å². The number of benzene rings is 1. The van der Waals surface area contributed by atoms with Crippen LogP contribution in [0.25, 0.3) is 0 Å². The molecule has 0 atom stereocenters. The van der Waals surface area contributed by atoms with Gasteiger partial charge in [-0.25, -0.2) is 4.39 Å². The van der Waals surface area contributed by atoms with Gasteiger partial charge >= 0.3 is 5.97 Å². The molecule has 14 heavy (non-hydrogen) atoms. The van der Waals surface area contributed by atoms with E-state index in [4.69, 9.17) is 4.74 Å². The lowest BCUT2D eigenvalue weighted by Gasteiger charge is -2.22. The van der Waals surface area contributed by atoms with Crippen molar-refractivity contribution in [1.29, 1.82) is 0 Å². The standard InChI is InChI=1S/C11H11FO2/c12-9-6-1-2-7-10(9)14-11(13)8-4-3-5-8/h1-2,6-8H,3-5H2. The molecule has 0 saturated heterocycles. The molecule has 74 valence electrons. The molecule has 0 aliphatic heterocycles. The van der Waals surface area contributed by atoms with Crippen molar-refractivity contribution < 1.29 is 13.9 Å². The summed E-state index contributed by atoms with van der Waals surface area (Å²) in [5.74, 6) is -0.777. The molecule has 1 saturated carbocycles. The summed E-state index contributed by atoms with van der Waals surface area (Å²) in [6.45, 7) is 0. The zero-order valence-electron chi connectivity index (χ0n) is 7.70. The van der Waals surface area contributed by atoms with E-state index in [-0.39, 0.29) is 17.6 Å². The topological polar surface area (TPSA) is 26.3 Å². The molecule has 1 aliphatic carbocycles. The van der Waals surface area contributed by atoms with Gasteiger partial charge in [0.1, 0.15) is 0 Å². The highest BCUT2D eigenvalue weighted by Crippen LogP contribution is 2.28. The molecule has 0 amide bonds. The second-order valence-electron chi connectivity index (χ2n) is 3.48. The largest absolute Gasteiger partial charge is 0.423 e. The number of ether oxygens (including phenoxy) is 1. The van der Waals surface area contributed by atoms with Crippen LogP contribution in [0.1, 0.15) is 19.3 Å². The van der Waals surface area contributed by atoms with Crippen molar-refractivity contribution in [3.8, 4) is 5.75 Å². The van der Waals surface area contributed by atoms with Crippen molar-refractivity contribution in [1.82, 2.24) is 0 Å². The smallest absolute Gasteiger partial charge is 0.314 e. The molecule has 0 unspecified atom stereocenters. The molecule has 0 bridgehead atoms. The third-order valence-electron chi connectivity index (χ3n) is 2.49. The second kappa shape index (κ2) is 3.78. The minimum absolute atomic E-state index is 0.0189. The molecule has 0 radical (unpaired) electrons. The second-order valence-corrected chi connectivity index (χ2v) is 3.48. The number of carbonyl (C=O) groups is 1. The van der Waals surface area contributed by atoms with Crippen molar-refractivity contribution in [2.24, 2.45) is 5.92 Å². The Kier molecular flexibility index (Phi) is 2.48. The Balaban J connectivity index is 2.03. The Bertz CT molecular complexity index is 345. The maximum atomic E-state index is 13.1. The Hall–Kier alpha value is -1.38. The van der Waals surface area contributed by atoms with Gasteiger partial charge < -0.3 is 4.74 Å². The fraction of sp³-hybridized carbons (Fsp3) is 0.364. The van der Waals surface area contributed by atoms with E-state index in [0.717, 1.165) is 19.3 Å². The van der Waals surface area contributed by atoms with E-state index in [1.165, 1.54) is 12.1 Å². The van der Waals surface area contributed by atoms with Gasteiger partial charge in [-0.15, -0.1) is 0 Å². The van der Waals surface area contributed by atoms with Crippen LogP contribution in [0.3, 0.4) is 0 Å². The first-order valence-electron chi connectivity index (χ1n) is 4.73. The van der Waals surface area contributed by atoms with E-state index in [2.05, 4.69) is 0 Å². The molecule has 2 rings (SSSR count). The van der Waals surface area contributed by atoms with Gasteiger partial charge in [0.05, 0.1) is 5.92 Å². The van der Waals surface area contributed by atoms with Gasteiger partial charge in [0.15, 0.2) is 11.6 Å². The molecular formula is C11H11FO2. The van der Waals surface area contributed by atoms with Crippen LogP contribution in [0.15, 0.2) is 24.3 Å². The zero-order valence-corrected chi connectivity index (χ0v) is 7.70. The lowest BCUT2D eigenvalue weighted by Crippen LogP contribution is -2.26. The fourth-order valence-electron chi connectivity index (χ4n) is 1.36. The summed E-state index contributed by atoms with van der Waals surface area (Å²) in [5.41, 5.74) is 0. The Morgan fingerprint density at radius 3 is 2.64 bits per heavy atom. The maximum Gasteiger partial charge on any atom is 0.314 e. The summed E-state index contributed by atoms with van der Waals surface area (Å²) < 4.78 is 18.0. The van der Waals surface area contributed by atoms with Gasteiger partial charge in [0.25, 0.3) is 0 Å². The van der Waals surface area contributed by atoms with E-state index in [1.807, 2.05) is 0 Å². The Morgan fingerprint density at radius 2 is 2.07 bits per heavy atom. The summed E-state index contributed by atoms with van der Waals surface area (Å²) in [6, 6.07) is 5.96. The van der Waals surface area contributed by atoms with Crippen LogP contribution in [-0.2, 0) is 4.79 Å². The van der Waals surface area contributed by atoms with Crippen LogP contribution < -0.4 is 4.74 Å². The molecular weight excluding hydrogens is 183 g/mol. The monoisotopic (exact) mass is 194 g/mol. The third-order valence-corrected chi connectivity index (χ3v) is 2.49. The van der Waals surface area contributed by atoms with Gasteiger partial charge in [0.2, 0.25) is 0 Å². The highest BCUT2D eigenvalue weighted by molar-refractivity contribution is 5.75. The molecule has 0 heterocycles. The number of hydrogen-bond donors (Lipinski definition) is 0. The number of para-hydroxylation sites is 1. The number of esters is 1. The molecule has 0 aromatic heterocycles. The Labute approximate surface area is 81.7 Å². The molecule has 0 spiro atoms. The van der Waals surface area contributed by atoms with Crippen LogP contribution in [0.4, 0.5) is 4.39 Å². The van der Waals surface area contributed by atoms with Crippen molar-refractivity contribution in [2.45, 2.75) is 19.3 Å². The molecule has 0 N–H and O–H groups in total. The molecule has 1 fully saturated rings. The van der Waals surface area contributed by atoms with Crippen molar-refractivity contribution in [3.63, 3.8) is 0 Å². The summed E-state index contributed by atoms with van der Waals surface area (Å²) in [5, 5.41) is 0. The third kappa shape index (κ3) is 1.76. The van der Waals surface area contributed by atoms with Gasteiger partial charge in [0, 0.05) is 0 Å². The van der Waals surface area contributed by atoms with Crippen LogP contribution in [0.2, 0.25) is 0 Å². The summed E-state index contributed by atoms with van der Waals surface area (Å²) in [7, 11) is 0. The SMILES string of the molecule is O=C(Oc1ccccc1F)C1CCC1. The highest BCUT2D eigenvalue weighted by Gasteiger charge is 2.27. The lowest BCUT2D eigenvalue weighted by molar-refractivity contribution is -0.141. The van der Waals surface area contributed by atoms with E-state index in [9.17, 15) is 9.18 Å². The first-order valence-corrected chi connectivity index (χ1v) is 4.73. The fourth-order valence-corrected chi connectivity index (χ4v) is 1.36. The molecule has 3 heteroatoms. The first kappa shape index (κ1) is 9.19. The summed E-state index contributed by atoms with van der Waals surface area (Å²) in [6.07, 6.45) is 2.80. The van der Waals surface area contributed by atoms with Gasteiger partial charge in [-0.3, -0.25) is 4.79 Å². The molecule has 1 aliphatic rings. The number of halogens is 1. The van der Waals surface area contributed by atoms with Crippen LogP contribution >= 0.6 is 0 Å².